The van der Waals surface area contributed by atoms with Crippen LogP contribution in [0.2, 0.25) is 0 Å². The van der Waals surface area contributed by atoms with Gasteiger partial charge < -0.3 is 93.8 Å². The van der Waals surface area contributed by atoms with Gasteiger partial charge in [0.2, 0.25) is 0 Å². The fourth-order valence-electron chi connectivity index (χ4n) is 1.63. The molecular formula is C30H60MoN6O12-6. The number of hydrogen-bond donors (Lipinski definition) is 6. The van der Waals surface area contributed by atoms with Crippen molar-refractivity contribution in [1.29, 1.82) is 0 Å². The van der Waals surface area contributed by atoms with Crippen molar-refractivity contribution in [2.45, 2.75) is 119 Å². The monoisotopic (exact) mass is 794 g/mol. The number of carboxylic acids is 6. The molecule has 18 nitrogen and oxygen atoms in total. The first kappa shape index (κ1) is 61.5. The maximum atomic E-state index is 9.90. The van der Waals surface area contributed by atoms with Gasteiger partial charge in [-0.3, -0.25) is 0 Å². The second-order valence-corrected chi connectivity index (χ2v) is 12.5. The van der Waals surface area contributed by atoms with Gasteiger partial charge in [-0.2, -0.15) is 0 Å². The fourth-order valence-corrected chi connectivity index (χ4v) is 1.63. The van der Waals surface area contributed by atoms with Gasteiger partial charge in [0.25, 0.3) is 0 Å². The van der Waals surface area contributed by atoms with Crippen LogP contribution in [-0.4, -0.2) is 72.1 Å². The van der Waals surface area contributed by atoms with Crippen LogP contribution >= 0.6 is 0 Å². The minimum atomic E-state index is -1.18. The van der Waals surface area contributed by atoms with Crippen molar-refractivity contribution in [3.05, 3.63) is 0 Å². The summed E-state index contributed by atoms with van der Waals surface area (Å²) in [5.41, 5.74) is 30.6. The third kappa shape index (κ3) is 41.4. The Bertz CT molecular complexity index is 736. The van der Waals surface area contributed by atoms with E-state index in [0.29, 0.717) is 0 Å². The average molecular weight is 793 g/mol. The molecule has 0 unspecified atom stereocenters. The Kier molecular flexibility index (Phi) is 42.4. The van der Waals surface area contributed by atoms with Crippen LogP contribution < -0.4 is 65.0 Å². The molecule has 0 radical (unpaired) electrons. The Morgan fingerprint density at radius 1 is 0.286 bits per heavy atom. The summed E-state index contributed by atoms with van der Waals surface area (Å²) >= 11 is 0. The van der Waals surface area contributed by atoms with E-state index in [-0.39, 0.29) is 56.6 Å². The number of aliphatic carboxylic acids is 6. The van der Waals surface area contributed by atoms with Gasteiger partial charge in [-0.05, 0) is 35.5 Å². The van der Waals surface area contributed by atoms with E-state index in [2.05, 4.69) is 0 Å². The average Bonchev–Trinajstić information content (AvgIpc) is 2.95. The largest absolute Gasteiger partial charge is 0.548 e. The van der Waals surface area contributed by atoms with Crippen molar-refractivity contribution in [1.82, 2.24) is 0 Å². The third-order valence-corrected chi connectivity index (χ3v) is 5.94. The molecule has 0 saturated carbocycles. The van der Waals surface area contributed by atoms with Crippen LogP contribution in [0, 0.1) is 35.5 Å². The number of hydrogen-bond acceptors (Lipinski definition) is 18. The molecule has 0 aliphatic carbocycles. The first-order valence-corrected chi connectivity index (χ1v) is 15.1. The van der Waals surface area contributed by atoms with Gasteiger partial charge in [0.15, 0.2) is 0 Å². The standard InChI is InChI=1S/6C5H11NO2.Mo/c6*1-3(2)4(6)5(7)8;/h6*3-4H,6H2,1-2H3,(H,7,8);/p-6/t6*4-;/m000000./s1. The Hall–Kier alpha value is -2.73. The maximum Gasteiger partial charge on any atom is 0.0584 e. The van der Waals surface area contributed by atoms with Crippen LogP contribution in [-0.2, 0) is 49.8 Å². The van der Waals surface area contributed by atoms with Gasteiger partial charge in [-0.25, -0.2) is 0 Å². The predicted octanol–water partition coefficient (Wildman–Crippen LogP) is -7.68. The topological polar surface area (TPSA) is 397 Å². The van der Waals surface area contributed by atoms with E-state index >= 15 is 0 Å². The van der Waals surface area contributed by atoms with Crippen LogP contribution in [0.5, 0.6) is 0 Å². The Morgan fingerprint density at radius 3 is 0.347 bits per heavy atom. The predicted molar refractivity (Wildman–Crippen MR) is 167 cm³/mol. The van der Waals surface area contributed by atoms with E-state index in [0.717, 1.165) is 0 Å². The molecule has 0 heterocycles. The van der Waals surface area contributed by atoms with E-state index in [4.69, 9.17) is 34.4 Å². The molecule has 0 amide bonds. The molecule has 0 aromatic carbocycles. The Balaban J connectivity index is -0.0000000860. The van der Waals surface area contributed by atoms with Crippen LogP contribution in [0.25, 0.3) is 0 Å². The van der Waals surface area contributed by atoms with Gasteiger partial charge in [0, 0.05) is 57.3 Å². The smallest absolute Gasteiger partial charge is 0.0584 e. The van der Waals surface area contributed by atoms with Crippen LogP contribution in [0.1, 0.15) is 83.1 Å². The van der Waals surface area contributed by atoms with Crippen LogP contribution in [0.4, 0.5) is 0 Å². The zero-order valence-electron chi connectivity index (χ0n) is 30.7. The van der Waals surface area contributed by atoms with Gasteiger partial charge in [0.05, 0.1) is 35.8 Å². The van der Waals surface area contributed by atoms with Gasteiger partial charge in [-0.1, -0.05) is 83.1 Å². The number of carbonyl (C=O) groups is 6. The second kappa shape index (κ2) is 33.8. The number of carboxylic acid groups (broad SMARTS) is 6. The number of nitrogens with two attached hydrogens (primary N) is 6. The molecule has 0 aliphatic heterocycles. The number of rotatable bonds is 12. The number of carbonyl (C=O) groups excluding carboxylic acids is 6. The van der Waals surface area contributed by atoms with Crippen LogP contribution in [0.3, 0.4) is 0 Å². The zero-order chi connectivity index (χ0) is 40.4. The van der Waals surface area contributed by atoms with Crippen molar-refractivity contribution in [3.63, 3.8) is 0 Å². The van der Waals surface area contributed by atoms with Crippen molar-refractivity contribution < 1.29 is 80.5 Å². The molecule has 0 rings (SSSR count). The van der Waals surface area contributed by atoms with Crippen molar-refractivity contribution >= 4 is 35.8 Å². The Labute approximate surface area is 305 Å². The van der Waals surface area contributed by atoms with E-state index in [1.165, 1.54) is 0 Å². The van der Waals surface area contributed by atoms with E-state index < -0.39 is 72.1 Å². The molecule has 0 aromatic heterocycles. The van der Waals surface area contributed by atoms with Gasteiger partial charge >= 0.3 is 0 Å². The third-order valence-electron chi connectivity index (χ3n) is 5.94. The summed E-state index contributed by atoms with van der Waals surface area (Å²) in [7, 11) is 0. The van der Waals surface area contributed by atoms with E-state index in [1.807, 2.05) is 0 Å². The van der Waals surface area contributed by atoms with Crippen molar-refractivity contribution in [3.8, 4) is 0 Å². The molecule has 0 fully saturated rings. The van der Waals surface area contributed by atoms with E-state index in [9.17, 15) is 59.4 Å². The molecule has 0 bridgehead atoms. The summed E-state index contributed by atoms with van der Waals surface area (Å²) in [6, 6.07) is -4.94. The molecule has 19 heteroatoms. The minimum absolute atomic E-state index is 0. The molecule has 0 aliphatic rings. The minimum Gasteiger partial charge on any atom is -0.548 e. The van der Waals surface area contributed by atoms with Gasteiger partial charge in [-0.15, -0.1) is 0 Å². The normalized spacial score (nSPS) is 13.7. The summed E-state index contributed by atoms with van der Waals surface area (Å²) < 4.78 is 0. The molecular weight excluding hydrogens is 732 g/mol. The molecule has 12 N–H and O–H groups in total. The molecule has 0 spiro atoms. The maximum absolute atomic E-state index is 9.90. The van der Waals surface area contributed by atoms with Crippen molar-refractivity contribution in [2.24, 2.45) is 69.9 Å². The second-order valence-electron chi connectivity index (χ2n) is 12.5. The van der Waals surface area contributed by atoms with E-state index in [1.54, 1.807) is 83.1 Å². The summed E-state index contributed by atoms with van der Waals surface area (Å²) in [5.74, 6) is -7.33. The molecule has 0 saturated heterocycles. The quantitative estimate of drug-likeness (QED) is 0.0999. The summed E-state index contributed by atoms with van der Waals surface area (Å²) in [4.78, 5) is 59.4. The fraction of sp³-hybridized carbons (Fsp3) is 0.800. The first-order chi connectivity index (χ1) is 21.3. The summed E-state index contributed by atoms with van der Waals surface area (Å²) in [5, 5.41) is 59.4. The van der Waals surface area contributed by atoms with Crippen LogP contribution in [0.15, 0.2) is 0 Å². The zero-order valence-corrected chi connectivity index (χ0v) is 32.7. The SMILES string of the molecule is CC(C)[C@H](N)C(=O)[O-].CC(C)[C@H](N)C(=O)[O-].CC(C)[C@H](N)C(=O)[O-].CC(C)[C@H](N)C(=O)[O-].CC(C)[C@H](N)C(=O)[O-].CC(C)[C@H](N)C(=O)[O-].[Mo]. The molecule has 49 heavy (non-hydrogen) atoms. The molecule has 6 atom stereocenters. The Morgan fingerprint density at radius 2 is 0.347 bits per heavy atom. The van der Waals surface area contributed by atoms with Crippen molar-refractivity contribution in [2.75, 3.05) is 0 Å². The molecule has 294 valence electrons. The first-order valence-electron chi connectivity index (χ1n) is 15.1. The van der Waals surface area contributed by atoms with Gasteiger partial charge in [0.1, 0.15) is 0 Å². The summed E-state index contributed by atoms with van der Waals surface area (Å²) in [6.45, 7) is 20.8. The molecule has 0 aromatic rings. The summed E-state index contributed by atoms with van der Waals surface area (Å²) in [6.07, 6.45) is 0.